The van der Waals surface area contributed by atoms with Gasteiger partial charge in [0.25, 0.3) is 5.91 Å². The summed E-state index contributed by atoms with van der Waals surface area (Å²) in [4.78, 5) is 21.1. The maximum Gasteiger partial charge on any atom is 0.274 e. The SMILES string of the molecule is CN(C)c1ccc(CN(CC2CCCO2)C(=O)c2nc(Cl)ccc2Cl)cc1. The van der Waals surface area contributed by atoms with Gasteiger partial charge in [0.2, 0.25) is 0 Å². The molecule has 2 aromatic rings. The van der Waals surface area contributed by atoms with Crippen LogP contribution in [0.2, 0.25) is 10.2 Å². The Morgan fingerprint density at radius 3 is 2.56 bits per heavy atom. The average Bonchev–Trinajstić information content (AvgIpc) is 3.16. The second-order valence-corrected chi connectivity index (χ2v) is 7.64. The van der Waals surface area contributed by atoms with Crippen LogP contribution in [-0.4, -0.2) is 49.1 Å². The number of hydrogen-bond donors (Lipinski definition) is 0. The molecule has 1 aromatic heterocycles. The summed E-state index contributed by atoms with van der Waals surface area (Å²) in [6.07, 6.45) is 1.99. The lowest BCUT2D eigenvalue weighted by atomic mass is 10.1. The summed E-state index contributed by atoms with van der Waals surface area (Å²) >= 11 is 12.2. The highest BCUT2D eigenvalue weighted by molar-refractivity contribution is 6.34. The van der Waals surface area contributed by atoms with E-state index in [9.17, 15) is 4.79 Å². The van der Waals surface area contributed by atoms with E-state index in [1.54, 1.807) is 17.0 Å². The molecule has 0 N–H and O–H groups in total. The summed E-state index contributed by atoms with van der Waals surface area (Å²) in [7, 11) is 3.99. The first-order chi connectivity index (χ1) is 12.9. The van der Waals surface area contributed by atoms with Gasteiger partial charge in [-0.15, -0.1) is 0 Å². The first kappa shape index (κ1) is 19.9. The van der Waals surface area contributed by atoms with Crippen LogP contribution in [0.25, 0.3) is 0 Å². The predicted molar refractivity (Wildman–Crippen MR) is 109 cm³/mol. The number of amides is 1. The van der Waals surface area contributed by atoms with Crippen molar-refractivity contribution in [3.63, 3.8) is 0 Å². The van der Waals surface area contributed by atoms with Crippen molar-refractivity contribution < 1.29 is 9.53 Å². The summed E-state index contributed by atoms with van der Waals surface area (Å²) in [5.74, 6) is -0.241. The van der Waals surface area contributed by atoms with Crippen LogP contribution in [-0.2, 0) is 11.3 Å². The molecule has 1 fully saturated rings. The molecular formula is C20H23Cl2N3O2. The molecule has 2 heterocycles. The van der Waals surface area contributed by atoms with Crippen molar-refractivity contribution in [1.29, 1.82) is 0 Å². The summed E-state index contributed by atoms with van der Waals surface area (Å²) in [5, 5.41) is 0.542. The number of hydrogen-bond acceptors (Lipinski definition) is 4. The Bertz CT molecular complexity index is 790. The Balaban J connectivity index is 1.83. The lowest BCUT2D eigenvalue weighted by Gasteiger charge is -2.26. The number of halogens is 2. The van der Waals surface area contributed by atoms with Gasteiger partial charge < -0.3 is 14.5 Å². The van der Waals surface area contributed by atoms with E-state index < -0.39 is 0 Å². The van der Waals surface area contributed by atoms with Gasteiger partial charge in [-0.2, -0.15) is 0 Å². The normalized spacial score (nSPS) is 16.4. The van der Waals surface area contributed by atoms with Gasteiger partial charge in [-0.3, -0.25) is 4.79 Å². The summed E-state index contributed by atoms with van der Waals surface area (Å²) in [5.41, 5.74) is 2.31. The van der Waals surface area contributed by atoms with Crippen molar-refractivity contribution in [2.45, 2.75) is 25.5 Å². The van der Waals surface area contributed by atoms with Gasteiger partial charge >= 0.3 is 0 Å². The fraction of sp³-hybridized carbons (Fsp3) is 0.400. The molecule has 0 spiro atoms. The van der Waals surface area contributed by atoms with E-state index in [-0.39, 0.29) is 22.9 Å². The van der Waals surface area contributed by atoms with E-state index in [2.05, 4.69) is 4.98 Å². The molecular weight excluding hydrogens is 385 g/mol. The third kappa shape index (κ3) is 5.12. The number of carbonyl (C=O) groups is 1. The molecule has 144 valence electrons. The van der Waals surface area contributed by atoms with Crippen LogP contribution in [0.1, 0.15) is 28.9 Å². The molecule has 0 saturated carbocycles. The zero-order chi connectivity index (χ0) is 19.4. The van der Waals surface area contributed by atoms with E-state index in [0.717, 1.165) is 30.7 Å². The lowest BCUT2D eigenvalue weighted by Crippen LogP contribution is -2.37. The van der Waals surface area contributed by atoms with Gasteiger partial charge in [-0.1, -0.05) is 35.3 Å². The van der Waals surface area contributed by atoms with Crippen LogP contribution >= 0.6 is 23.2 Å². The second kappa shape index (κ2) is 8.91. The minimum absolute atomic E-state index is 0.0351. The predicted octanol–water partition coefficient (Wildman–Crippen LogP) is 4.28. The molecule has 27 heavy (non-hydrogen) atoms. The van der Waals surface area contributed by atoms with Crippen molar-refractivity contribution in [2.24, 2.45) is 0 Å². The molecule has 1 aliphatic heterocycles. The number of ether oxygens (including phenoxy) is 1. The van der Waals surface area contributed by atoms with Crippen molar-refractivity contribution >= 4 is 34.8 Å². The highest BCUT2D eigenvalue weighted by Crippen LogP contribution is 2.22. The zero-order valence-corrected chi connectivity index (χ0v) is 17.0. The Kier molecular flexibility index (Phi) is 6.58. The maximum absolute atomic E-state index is 13.1. The number of carbonyl (C=O) groups excluding carboxylic acids is 1. The van der Waals surface area contributed by atoms with Crippen molar-refractivity contribution in [1.82, 2.24) is 9.88 Å². The third-order valence-electron chi connectivity index (χ3n) is 4.58. The number of rotatable bonds is 6. The maximum atomic E-state index is 13.1. The van der Waals surface area contributed by atoms with Gasteiger partial charge in [-0.05, 0) is 42.7 Å². The molecule has 1 amide bonds. The molecule has 1 atom stereocenters. The average molecular weight is 408 g/mol. The Morgan fingerprint density at radius 2 is 1.93 bits per heavy atom. The zero-order valence-electron chi connectivity index (χ0n) is 15.5. The monoisotopic (exact) mass is 407 g/mol. The van der Waals surface area contributed by atoms with Crippen molar-refractivity contribution in [2.75, 3.05) is 32.1 Å². The quantitative estimate of drug-likeness (QED) is 0.670. The van der Waals surface area contributed by atoms with E-state index in [1.807, 2.05) is 43.3 Å². The third-order valence-corrected chi connectivity index (χ3v) is 5.09. The number of benzene rings is 1. The highest BCUT2D eigenvalue weighted by Gasteiger charge is 2.26. The van der Waals surface area contributed by atoms with Crippen LogP contribution in [0.3, 0.4) is 0 Å². The van der Waals surface area contributed by atoms with E-state index >= 15 is 0 Å². The summed E-state index contributed by atoms with van der Waals surface area (Å²) < 4.78 is 5.73. The van der Waals surface area contributed by atoms with Crippen LogP contribution < -0.4 is 4.90 Å². The Labute approximate surface area is 169 Å². The van der Waals surface area contributed by atoms with Crippen LogP contribution in [0.15, 0.2) is 36.4 Å². The Morgan fingerprint density at radius 1 is 1.19 bits per heavy atom. The summed E-state index contributed by atoms with van der Waals surface area (Å²) in [6, 6.07) is 11.3. The molecule has 0 bridgehead atoms. The minimum Gasteiger partial charge on any atom is -0.378 e. The number of aromatic nitrogens is 1. The minimum atomic E-state index is -0.241. The Hall–Kier alpha value is -1.82. The second-order valence-electron chi connectivity index (χ2n) is 6.85. The van der Waals surface area contributed by atoms with Crippen LogP contribution in [0.4, 0.5) is 5.69 Å². The summed E-state index contributed by atoms with van der Waals surface area (Å²) in [6.45, 7) is 1.69. The standard InChI is InChI=1S/C20H23Cl2N3O2/c1-24(2)15-7-5-14(6-8-15)12-25(13-16-4-3-11-27-16)20(26)19-17(21)9-10-18(22)23-19/h5-10,16H,3-4,11-13H2,1-2H3. The van der Waals surface area contributed by atoms with Crippen molar-refractivity contribution in [3.05, 3.63) is 57.8 Å². The topological polar surface area (TPSA) is 45.7 Å². The molecule has 0 aliphatic carbocycles. The number of nitrogens with zero attached hydrogens (tertiary/aromatic N) is 3. The molecule has 3 rings (SSSR count). The largest absolute Gasteiger partial charge is 0.378 e. The molecule has 1 saturated heterocycles. The van der Waals surface area contributed by atoms with Crippen LogP contribution in [0, 0.1) is 0 Å². The van der Waals surface area contributed by atoms with Gasteiger partial charge in [0, 0.05) is 39.5 Å². The van der Waals surface area contributed by atoms with E-state index in [0.29, 0.717) is 18.1 Å². The molecule has 1 unspecified atom stereocenters. The van der Waals surface area contributed by atoms with Gasteiger partial charge in [0.1, 0.15) is 10.8 Å². The van der Waals surface area contributed by atoms with Crippen molar-refractivity contribution in [3.8, 4) is 0 Å². The smallest absolute Gasteiger partial charge is 0.274 e. The molecule has 1 aliphatic rings. The molecule has 5 nitrogen and oxygen atoms in total. The van der Waals surface area contributed by atoms with E-state index in [4.69, 9.17) is 27.9 Å². The first-order valence-corrected chi connectivity index (χ1v) is 9.69. The fourth-order valence-electron chi connectivity index (χ4n) is 3.09. The van der Waals surface area contributed by atoms with E-state index in [1.165, 1.54) is 0 Å². The van der Waals surface area contributed by atoms with Crippen LogP contribution in [0.5, 0.6) is 0 Å². The first-order valence-electron chi connectivity index (χ1n) is 8.93. The molecule has 1 aromatic carbocycles. The van der Waals surface area contributed by atoms with Gasteiger partial charge in [0.05, 0.1) is 11.1 Å². The fourth-order valence-corrected chi connectivity index (χ4v) is 3.42. The van der Waals surface area contributed by atoms with Gasteiger partial charge in [-0.25, -0.2) is 4.98 Å². The lowest BCUT2D eigenvalue weighted by molar-refractivity contribution is 0.0503. The van der Waals surface area contributed by atoms with Gasteiger partial charge in [0.15, 0.2) is 0 Å². The number of anilines is 1. The highest BCUT2D eigenvalue weighted by atomic mass is 35.5. The number of pyridine rings is 1. The molecule has 7 heteroatoms. The molecule has 0 radical (unpaired) electrons.